The highest BCUT2D eigenvalue weighted by Crippen LogP contribution is 2.31. The Morgan fingerprint density at radius 3 is 1.83 bits per heavy atom. The summed E-state index contributed by atoms with van der Waals surface area (Å²) in [6.45, 7) is 5.67. The van der Waals surface area contributed by atoms with Crippen LogP contribution in [0.25, 0.3) is 6.08 Å². The van der Waals surface area contributed by atoms with Crippen LogP contribution in [0, 0.1) is 0 Å². The molecule has 11 heteroatoms. The van der Waals surface area contributed by atoms with Gasteiger partial charge in [-0.2, -0.15) is 0 Å². The number of carbonyl (C=O) groups is 5. The van der Waals surface area contributed by atoms with Gasteiger partial charge in [-0.1, -0.05) is 18.2 Å². The molecule has 1 aliphatic heterocycles. The fourth-order valence-corrected chi connectivity index (χ4v) is 3.29. The van der Waals surface area contributed by atoms with Gasteiger partial charge >= 0.3 is 23.9 Å². The maximum absolute atomic E-state index is 11.9. The molecule has 0 N–H and O–H groups in total. The van der Waals surface area contributed by atoms with Gasteiger partial charge < -0.3 is 28.4 Å². The van der Waals surface area contributed by atoms with Gasteiger partial charge in [-0.25, -0.2) is 0 Å². The minimum atomic E-state index is -1.33. The number of hydrogen-bond acceptors (Lipinski definition) is 11. The first kappa shape index (κ1) is 27.5. The summed E-state index contributed by atoms with van der Waals surface area (Å²) in [7, 11) is 0. The van der Waals surface area contributed by atoms with E-state index < -0.39 is 54.6 Å². The van der Waals surface area contributed by atoms with Gasteiger partial charge in [0.15, 0.2) is 18.0 Å². The molecule has 11 nitrogen and oxygen atoms in total. The van der Waals surface area contributed by atoms with E-state index in [0.29, 0.717) is 5.75 Å². The van der Waals surface area contributed by atoms with Gasteiger partial charge in [-0.3, -0.25) is 24.0 Å². The molecule has 1 aromatic rings. The van der Waals surface area contributed by atoms with E-state index in [0.717, 1.165) is 26.3 Å². The van der Waals surface area contributed by atoms with Crippen LogP contribution in [0.5, 0.6) is 5.75 Å². The molecule has 0 saturated carbocycles. The van der Waals surface area contributed by atoms with Crippen LogP contribution in [0.3, 0.4) is 0 Å². The lowest BCUT2D eigenvalue weighted by atomic mass is 9.98. The molecular weight excluding hydrogens is 464 g/mol. The third kappa shape index (κ3) is 8.85. The van der Waals surface area contributed by atoms with E-state index in [1.165, 1.54) is 19.9 Å². The normalized spacial score (nSPS) is 23.7. The highest BCUT2D eigenvalue weighted by Gasteiger charge is 2.53. The second-order valence-electron chi connectivity index (χ2n) is 7.70. The largest absolute Gasteiger partial charge is 0.463 e. The van der Waals surface area contributed by atoms with E-state index in [1.54, 1.807) is 30.3 Å². The number of benzene rings is 1. The summed E-state index contributed by atoms with van der Waals surface area (Å²) >= 11 is 0. The lowest BCUT2D eigenvalue weighted by molar-refractivity contribution is -0.288. The molecule has 0 amide bonds. The van der Waals surface area contributed by atoms with E-state index in [1.807, 2.05) is 0 Å². The fraction of sp³-hybridized carbons (Fsp3) is 0.458. The first-order valence-electron chi connectivity index (χ1n) is 10.7. The van der Waals surface area contributed by atoms with Crippen molar-refractivity contribution in [3.8, 4) is 5.75 Å². The molecule has 0 spiro atoms. The van der Waals surface area contributed by atoms with Crippen molar-refractivity contribution in [3.63, 3.8) is 0 Å². The molecule has 1 fully saturated rings. The second kappa shape index (κ2) is 12.7. The lowest BCUT2D eigenvalue weighted by Gasteiger charge is -2.43. The van der Waals surface area contributed by atoms with Crippen LogP contribution in [0.2, 0.25) is 0 Å². The van der Waals surface area contributed by atoms with Crippen LogP contribution in [-0.2, 0) is 47.7 Å². The van der Waals surface area contributed by atoms with E-state index in [4.69, 9.17) is 28.4 Å². The molecule has 0 unspecified atom stereocenters. The van der Waals surface area contributed by atoms with Gasteiger partial charge in [0.25, 0.3) is 0 Å². The van der Waals surface area contributed by atoms with E-state index >= 15 is 0 Å². The molecule has 1 aliphatic rings. The van der Waals surface area contributed by atoms with Crippen LogP contribution in [0.15, 0.2) is 30.3 Å². The maximum Gasteiger partial charge on any atom is 0.303 e. The molecule has 5 atom stereocenters. The van der Waals surface area contributed by atoms with Gasteiger partial charge in [0.2, 0.25) is 12.4 Å². The number of hydrogen-bond donors (Lipinski definition) is 0. The Morgan fingerprint density at radius 2 is 1.31 bits per heavy atom. The molecule has 1 saturated heterocycles. The number of rotatable bonds is 9. The van der Waals surface area contributed by atoms with Crippen molar-refractivity contribution in [2.45, 2.75) is 65.3 Å². The molecule has 35 heavy (non-hydrogen) atoms. The monoisotopic (exact) mass is 492 g/mol. The molecular formula is C24H28O11. The summed E-state index contributed by atoms with van der Waals surface area (Å²) in [6, 6.07) is 6.54. The van der Waals surface area contributed by atoms with E-state index in [-0.39, 0.29) is 12.4 Å². The van der Waals surface area contributed by atoms with E-state index in [9.17, 15) is 24.0 Å². The van der Waals surface area contributed by atoms with Crippen LogP contribution in [0.1, 0.15) is 40.2 Å². The number of esters is 4. The summed E-state index contributed by atoms with van der Waals surface area (Å²) in [5, 5.41) is 0. The van der Waals surface area contributed by atoms with Gasteiger partial charge in [-0.05, 0) is 30.7 Å². The first-order valence-corrected chi connectivity index (χ1v) is 10.7. The van der Waals surface area contributed by atoms with Gasteiger partial charge in [0.1, 0.15) is 18.5 Å². The van der Waals surface area contributed by atoms with Crippen molar-refractivity contribution >= 4 is 35.7 Å². The second-order valence-corrected chi connectivity index (χ2v) is 7.70. The molecule has 0 bridgehead atoms. The fourth-order valence-electron chi connectivity index (χ4n) is 3.29. The highest BCUT2D eigenvalue weighted by atomic mass is 16.7. The summed E-state index contributed by atoms with van der Waals surface area (Å²) in [5.74, 6) is -2.62. The van der Waals surface area contributed by atoms with Crippen LogP contribution < -0.4 is 4.74 Å². The molecule has 1 aromatic carbocycles. The molecule has 0 aliphatic carbocycles. The molecule has 0 aromatic heterocycles. The summed E-state index contributed by atoms with van der Waals surface area (Å²) in [6.07, 6.45) is -3.31. The standard InChI is InChI=1S/C24H28O11/c1-13(25)6-7-18-8-10-19(11-9-18)34-24-23(33-17(5)29)22(32-16(4)28)21(31-15(3)27)20(35-24)12-30-14(2)26/h6-11,20-24H,12H2,1-5H3/b7-6-/t20-,21-,22+,23-,24-/m1/s1. The van der Waals surface area contributed by atoms with Crippen LogP contribution >= 0.6 is 0 Å². The third-order valence-corrected chi connectivity index (χ3v) is 4.59. The number of carbonyl (C=O) groups excluding carboxylic acids is 5. The van der Waals surface area contributed by atoms with Gasteiger partial charge in [0.05, 0.1) is 0 Å². The van der Waals surface area contributed by atoms with Gasteiger partial charge in [0, 0.05) is 27.7 Å². The number of allylic oxidation sites excluding steroid dienone is 1. The van der Waals surface area contributed by atoms with Crippen molar-refractivity contribution < 1.29 is 52.4 Å². The quantitative estimate of drug-likeness (QED) is 0.283. The summed E-state index contributed by atoms with van der Waals surface area (Å²) < 4.78 is 32.8. The Balaban J connectivity index is 2.40. The predicted octanol–water partition coefficient (Wildman–Crippen LogP) is 1.75. The lowest BCUT2D eigenvalue weighted by Crippen LogP contribution is -2.63. The molecule has 0 radical (unpaired) electrons. The average molecular weight is 492 g/mol. The SMILES string of the molecule is CC(=O)/C=C\c1ccc(O[C@@H]2O[C@H](COC(C)=O)[C@@H](OC(C)=O)[C@H](OC(C)=O)[C@H]2OC(C)=O)cc1. The Morgan fingerprint density at radius 1 is 0.771 bits per heavy atom. The minimum Gasteiger partial charge on any atom is -0.463 e. The zero-order valence-electron chi connectivity index (χ0n) is 20.0. The first-order chi connectivity index (χ1) is 16.5. The Bertz CT molecular complexity index is 966. The van der Waals surface area contributed by atoms with E-state index in [2.05, 4.69) is 0 Å². The zero-order valence-corrected chi connectivity index (χ0v) is 20.0. The highest BCUT2D eigenvalue weighted by molar-refractivity contribution is 5.91. The number of ketones is 1. The van der Waals surface area contributed by atoms with Crippen molar-refractivity contribution in [2.24, 2.45) is 0 Å². The summed E-state index contributed by atoms with van der Waals surface area (Å²) in [4.78, 5) is 58.0. The molecule has 1 heterocycles. The van der Waals surface area contributed by atoms with Crippen molar-refractivity contribution in [1.82, 2.24) is 0 Å². The van der Waals surface area contributed by atoms with Crippen molar-refractivity contribution in [1.29, 1.82) is 0 Å². The third-order valence-electron chi connectivity index (χ3n) is 4.59. The topological polar surface area (TPSA) is 141 Å². The zero-order chi connectivity index (χ0) is 26.1. The Kier molecular flexibility index (Phi) is 9.95. The van der Waals surface area contributed by atoms with Crippen molar-refractivity contribution in [2.75, 3.05) is 6.61 Å². The molecule has 2 rings (SSSR count). The Labute approximate surface area is 202 Å². The van der Waals surface area contributed by atoms with Gasteiger partial charge in [-0.15, -0.1) is 0 Å². The smallest absolute Gasteiger partial charge is 0.303 e. The van der Waals surface area contributed by atoms with Crippen LogP contribution in [0.4, 0.5) is 0 Å². The maximum atomic E-state index is 11.9. The van der Waals surface area contributed by atoms with Crippen molar-refractivity contribution in [3.05, 3.63) is 35.9 Å². The minimum absolute atomic E-state index is 0.108. The number of ether oxygens (including phenoxy) is 6. The average Bonchev–Trinajstić information content (AvgIpc) is 2.75. The van der Waals surface area contributed by atoms with Crippen LogP contribution in [-0.4, -0.2) is 67.0 Å². The molecule has 190 valence electrons. The summed E-state index contributed by atoms with van der Waals surface area (Å²) in [5.41, 5.74) is 0.731. The predicted molar refractivity (Wildman–Crippen MR) is 119 cm³/mol. The Hall–Kier alpha value is -3.73.